The molecule has 0 aromatic heterocycles. The van der Waals surface area contributed by atoms with Crippen LogP contribution in [0.15, 0.2) is 97.1 Å². The molecule has 0 spiro atoms. The quantitative estimate of drug-likeness (QED) is 0.366. The first-order valence-electron chi connectivity index (χ1n) is 8.57. The van der Waals surface area contributed by atoms with Gasteiger partial charge in [0.15, 0.2) is 0 Å². The van der Waals surface area contributed by atoms with E-state index in [0.717, 1.165) is 38.7 Å². The van der Waals surface area contributed by atoms with Gasteiger partial charge in [-0.25, -0.2) is 0 Å². The van der Waals surface area contributed by atoms with Crippen LogP contribution < -0.4 is 5.30 Å². The molecule has 4 aromatic rings. The highest BCUT2D eigenvalue weighted by Gasteiger charge is 2.19. The third-order valence-corrected chi connectivity index (χ3v) is 5.00. The summed E-state index contributed by atoms with van der Waals surface area (Å²) >= 11 is 0. The molecule has 1 nitrogen and oxygen atoms in total. The number of hydrogen-bond donors (Lipinski definition) is 1. The van der Waals surface area contributed by atoms with Crippen LogP contribution in [-0.4, -0.2) is 5.11 Å². The minimum Gasteiger partial charge on any atom is -0.507 e. The predicted molar refractivity (Wildman–Crippen MR) is 124 cm³/mol. The molecular formula is C24H20BrOP. The molecule has 27 heavy (non-hydrogen) atoms. The van der Waals surface area contributed by atoms with Crippen LogP contribution in [0.4, 0.5) is 0 Å². The maximum Gasteiger partial charge on any atom is 0.132 e. The molecule has 1 unspecified atom stereocenters. The summed E-state index contributed by atoms with van der Waals surface area (Å²) in [5.74, 6) is 0.314. The van der Waals surface area contributed by atoms with Crippen LogP contribution in [0.1, 0.15) is 0 Å². The lowest BCUT2D eigenvalue weighted by Crippen LogP contribution is -2.01. The van der Waals surface area contributed by atoms with Crippen molar-refractivity contribution < 1.29 is 5.11 Å². The Balaban J connectivity index is 0.00000210. The molecule has 0 fully saturated rings. The largest absolute Gasteiger partial charge is 0.507 e. The number of hydrogen-bond acceptors (Lipinski definition) is 1. The van der Waals surface area contributed by atoms with Crippen LogP contribution in [0.3, 0.4) is 0 Å². The minimum atomic E-state index is 0. The zero-order chi connectivity index (χ0) is 17.9. The molecule has 0 aliphatic heterocycles. The number of halogens is 1. The summed E-state index contributed by atoms with van der Waals surface area (Å²) in [5, 5.41) is 12.3. The van der Waals surface area contributed by atoms with Gasteiger partial charge in [-0.15, -0.1) is 26.2 Å². The fourth-order valence-electron chi connectivity index (χ4n) is 3.34. The summed E-state index contributed by atoms with van der Waals surface area (Å²) in [6, 6.07) is 32.4. The molecule has 3 heteroatoms. The van der Waals surface area contributed by atoms with Gasteiger partial charge in [-0.05, 0) is 33.6 Å². The maximum atomic E-state index is 11.3. The molecule has 0 radical (unpaired) electrons. The Labute approximate surface area is 172 Å². The zero-order valence-corrected chi connectivity index (χ0v) is 17.5. The van der Waals surface area contributed by atoms with Crippen molar-refractivity contribution in [3.8, 4) is 39.1 Å². The van der Waals surface area contributed by atoms with Gasteiger partial charge in [-0.3, -0.25) is 0 Å². The van der Waals surface area contributed by atoms with E-state index in [0.29, 0.717) is 5.75 Å². The van der Waals surface area contributed by atoms with E-state index in [4.69, 9.17) is 0 Å². The average Bonchev–Trinajstić information content (AvgIpc) is 2.70. The van der Waals surface area contributed by atoms with Crippen molar-refractivity contribution >= 4 is 31.5 Å². The first-order valence-corrected chi connectivity index (χ1v) is 9.15. The van der Waals surface area contributed by atoms with E-state index < -0.39 is 0 Å². The highest BCUT2D eigenvalue weighted by Crippen LogP contribution is 2.44. The summed E-state index contributed by atoms with van der Waals surface area (Å²) in [4.78, 5) is 0. The van der Waals surface area contributed by atoms with Crippen molar-refractivity contribution in [2.45, 2.75) is 0 Å². The number of aromatic hydroxyl groups is 1. The smallest absolute Gasteiger partial charge is 0.132 e. The summed E-state index contributed by atoms with van der Waals surface area (Å²) in [6.45, 7) is 0. The first kappa shape index (κ1) is 19.4. The first-order chi connectivity index (χ1) is 12.8. The lowest BCUT2D eigenvalue weighted by molar-refractivity contribution is 0.480. The summed E-state index contributed by atoms with van der Waals surface area (Å²) in [7, 11) is 2.78. The lowest BCUT2D eigenvalue weighted by Gasteiger charge is -2.18. The molecule has 134 valence electrons. The number of benzene rings is 4. The van der Waals surface area contributed by atoms with Gasteiger partial charge in [0.05, 0.1) is 0 Å². The Hall–Kier alpha value is -2.41. The van der Waals surface area contributed by atoms with Crippen molar-refractivity contribution in [2.75, 3.05) is 0 Å². The number of phenols is 1. The average molecular weight is 435 g/mol. The molecule has 0 aliphatic rings. The highest BCUT2D eigenvalue weighted by atomic mass is 79.9. The van der Waals surface area contributed by atoms with Gasteiger partial charge in [0.2, 0.25) is 0 Å². The van der Waals surface area contributed by atoms with E-state index in [9.17, 15) is 5.11 Å². The van der Waals surface area contributed by atoms with Crippen LogP contribution in [0.2, 0.25) is 0 Å². The van der Waals surface area contributed by atoms with Crippen LogP contribution in [0.25, 0.3) is 33.4 Å². The summed E-state index contributed by atoms with van der Waals surface area (Å²) in [6.07, 6.45) is 0. The van der Waals surface area contributed by atoms with Crippen LogP contribution in [-0.2, 0) is 0 Å². The van der Waals surface area contributed by atoms with E-state index in [1.165, 1.54) is 0 Å². The van der Waals surface area contributed by atoms with Gasteiger partial charge in [0.1, 0.15) is 5.75 Å². The predicted octanol–water partition coefficient (Wildman–Crippen LogP) is 6.47. The molecule has 4 aromatic carbocycles. The van der Waals surface area contributed by atoms with Gasteiger partial charge in [0, 0.05) is 11.1 Å². The summed E-state index contributed by atoms with van der Waals surface area (Å²) < 4.78 is 0. The molecule has 0 amide bonds. The van der Waals surface area contributed by atoms with Gasteiger partial charge < -0.3 is 5.11 Å². The SMILES string of the molecule is Br.Oc1c(-c2ccccc2)c(P)cc(-c2ccccc2)c1-c1ccccc1. The second-order valence-electron chi connectivity index (χ2n) is 6.21. The van der Waals surface area contributed by atoms with Gasteiger partial charge in [0.25, 0.3) is 0 Å². The monoisotopic (exact) mass is 434 g/mol. The Bertz CT molecular complexity index is 1030. The van der Waals surface area contributed by atoms with Crippen molar-refractivity contribution in [1.82, 2.24) is 0 Å². The summed E-state index contributed by atoms with van der Waals surface area (Å²) in [5.41, 5.74) is 5.85. The molecule has 0 heterocycles. The molecule has 4 rings (SSSR count). The van der Waals surface area contributed by atoms with E-state index in [2.05, 4.69) is 27.4 Å². The molecule has 0 bridgehead atoms. The van der Waals surface area contributed by atoms with Crippen molar-refractivity contribution in [2.24, 2.45) is 0 Å². The maximum absolute atomic E-state index is 11.3. The second-order valence-corrected chi connectivity index (χ2v) is 6.83. The van der Waals surface area contributed by atoms with Crippen molar-refractivity contribution in [1.29, 1.82) is 0 Å². The van der Waals surface area contributed by atoms with Gasteiger partial charge in [-0.1, -0.05) is 91.0 Å². The van der Waals surface area contributed by atoms with E-state index in [1.54, 1.807) is 0 Å². The van der Waals surface area contributed by atoms with Crippen LogP contribution in [0.5, 0.6) is 5.75 Å². The van der Waals surface area contributed by atoms with E-state index in [1.807, 2.05) is 78.9 Å². The van der Waals surface area contributed by atoms with E-state index >= 15 is 0 Å². The van der Waals surface area contributed by atoms with Gasteiger partial charge >= 0.3 is 0 Å². The van der Waals surface area contributed by atoms with Crippen LogP contribution in [0, 0.1) is 0 Å². The standard InChI is InChI=1S/C24H19OP.BrH/c25-24-22(18-12-6-2-7-13-18)20(17-10-4-1-5-11-17)16-21(26)23(24)19-14-8-3-9-15-19;/h1-16,25H,26H2;1H. The lowest BCUT2D eigenvalue weighted by atomic mass is 9.89. The Morgan fingerprint density at radius 1 is 0.556 bits per heavy atom. The van der Waals surface area contributed by atoms with Crippen molar-refractivity contribution in [3.05, 3.63) is 97.1 Å². The topological polar surface area (TPSA) is 20.2 Å². The molecule has 1 N–H and O–H groups in total. The molecule has 0 aliphatic carbocycles. The van der Waals surface area contributed by atoms with Gasteiger partial charge in [-0.2, -0.15) is 0 Å². The third-order valence-electron chi connectivity index (χ3n) is 4.54. The normalized spacial score (nSPS) is 10.3. The van der Waals surface area contributed by atoms with Crippen molar-refractivity contribution in [3.63, 3.8) is 0 Å². The Morgan fingerprint density at radius 2 is 0.963 bits per heavy atom. The van der Waals surface area contributed by atoms with Crippen LogP contribution >= 0.6 is 26.2 Å². The fraction of sp³-hybridized carbons (Fsp3) is 0. The Kier molecular flexibility index (Phi) is 6.11. The second kappa shape index (κ2) is 8.52. The number of phenolic OH excluding ortho intramolecular Hbond substituents is 1. The number of rotatable bonds is 3. The minimum absolute atomic E-state index is 0. The van der Waals surface area contributed by atoms with E-state index in [-0.39, 0.29) is 17.0 Å². The molecular weight excluding hydrogens is 415 g/mol. The highest BCUT2D eigenvalue weighted by molar-refractivity contribution is 8.93. The molecule has 1 atom stereocenters. The fourth-order valence-corrected chi connectivity index (χ4v) is 3.81. The third kappa shape index (κ3) is 3.83. The molecule has 0 saturated heterocycles. The zero-order valence-electron chi connectivity index (χ0n) is 14.7. The Morgan fingerprint density at radius 3 is 1.44 bits per heavy atom. The molecule has 0 saturated carbocycles.